The first-order chi connectivity index (χ1) is 14.1. The minimum Gasteiger partial charge on any atom is -0.472 e. The third kappa shape index (κ3) is 2.97. The number of anilines is 2. The summed E-state index contributed by atoms with van der Waals surface area (Å²) in [7, 11) is 0. The molecule has 3 aromatic heterocycles. The highest BCUT2D eigenvalue weighted by Gasteiger charge is 2.26. The number of nitrogens with one attached hydrogen (secondary N) is 1. The van der Waals surface area contributed by atoms with Crippen LogP contribution < -0.4 is 10.2 Å². The smallest absolute Gasteiger partial charge is 0.275 e. The molecule has 0 bridgehead atoms. The molecule has 29 heavy (non-hydrogen) atoms. The molecule has 1 N–H and O–H groups in total. The molecule has 4 aromatic rings. The summed E-state index contributed by atoms with van der Waals surface area (Å²) >= 11 is 0. The Morgan fingerprint density at radius 2 is 2.07 bits per heavy atom. The molecule has 0 unspecified atom stereocenters. The number of hydrogen-bond donors (Lipinski definition) is 1. The number of carbonyl (C=O) groups excluding carboxylic acids is 2. The molecule has 2 amide bonds. The Morgan fingerprint density at radius 1 is 1.17 bits per heavy atom. The lowest BCUT2D eigenvalue weighted by Crippen LogP contribution is -2.28. The third-order valence-electron chi connectivity index (χ3n) is 5.17. The molecule has 0 atom stereocenters. The van der Waals surface area contributed by atoms with Crippen LogP contribution in [0.15, 0.2) is 65.6 Å². The lowest BCUT2D eigenvalue weighted by molar-refractivity contribution is 0.0986. The highest BCUT2D eigenvalue weighted by atomic mass is 16.3. The SMILES string of the molecule is Cc1cccc2nc(C(=O)Nc3ccc4c(c3)CCN4C(=O)c3ccoc3)cn12. The number of nitrogens with zero attached hydrogens (tertiary/aromatic N) is 3. The average Bonchev–Trinajstić information content (AvgIpc) is 3.46. The van der Waals surface area contributed by atoms with Gasteiger partial charge >= 0.3 is 0 Å². The number of amides is 2. The summed E-state index contributed by atoms with van der Waals surface area (Å²) in [4.78, 5) is 31.4. The molecule has 0 aliphatic carbocycles. The van der Waals surface area contributed by atoms with E-state index in [0.717, 1.165) is 29.0 Å². The van der Waals surface area contributed by atoms with Gasteiger partial charge in [0.25, 0.3) is 11.8 Å². The fourth-order valence-corrected chi connectivity index (χ4v) is 3.69. The van der Waals surface area contributed by atoms with Crippen LogP contribution in [0.2, 0.25) is 0 Å². The van der Waals surface area contributed by atoms with Crippen molar-refractivity contribution in [1.82, 2.24) is 9.38 Å². The van der Waals surface area contributed by atoms with Crippen LogP contribution in [0, 0.1) is 6.92 Å². The van der Waals surface area contributed by atoms with E-state index in [-0.39, 0.29) is 11.8 Å². The van der Waals surface area contributed by atoms with Crippen LogP contribution >= 0.6 is 0 Å². The number of pyridine rings is 1. The molecule has 0 radical (unpaired) electrons. The number of furan rings is 1. The minimum atomic E-state index is -0.266. The highest BCUT2D eigenvalue weighted by molar-refractivity contribution is 6.07. The van der Waals surface area contributed by atoms with Gasteiger partial charge in [0.05, 0.1) is 11.8 Å². The number of benzene rings is 1. The van der Waals surface area contributed by atoms with Crippen molar-refractivity contribution in [3.05, 3.63) is 83.7 Å². The average molecular weight is 386 g/mol. The van der Waals surface area contributed by atoms with Crippen molar-refractivity contribution in [3.63, 3.8) is 0 Å². The van der Waals surface area contributed by atoms with E-state index < -0.39 is 0 Å². The molecule has 0 saturated heterocycles. The van der Waals surface area contributed by atoms with Crippen molar-refractivity contribution in [1.29, 1.82) is 0 Å². The maximum absolute atomic E-state index is 12.7. The first-order valence-electron chi connectivity index (χ1n) is 9.33. The number of rotatable bonds is 3. The van der Waals surface area contributed by atoms with Crippen LogP contribution in [0.25, 0.3) is 5.65 Å². The van der Waals surface area contributed by atoms with Crippen molar-refractivity contribution in [2.75, 3.05) is 16.8 Å². The van der Waals surface area contributed by atoms with Crippen LogP contribution in [0.5, 0.6) is 0 Å². The van der Waals surface area contributed by atoms with Gasteiger partial charge in [0.15, 0.2) is 0 Å². The topological polar surface area (TPSA) is 79.8 Å². The molecule has 4 heterocycles. The van der Waals surface area contributed by atoms with Crippen LogP contribution in [0.1, 0.15) is 32.1 Å². The maximum atomic E-state index is 12.7. The fraction of sp³-hybridized carbons (Fsp3) is 0.136. The number of aromatic nitrogens is 2. The molecule has 0 saturated carbocycles. The lowest BCUT2D eigenvalue weighted by atomic mass is 10.1. The van der Waals surface area contributed by atoms with Crippen molar-refractivity contribution in [2.24, 2.45) is 0 Å². The Hall–Kier alpha value is -3.87. The molecule has 5 rings (SSSR count). The van der Waals surface area contributed by atoms with Gasteiger partial charge in [-0.3, -0.25) is 9.59 Å². The summed E-state index contributed by atoms with van der Waals surface area (Å²) in [6, 6.07) is 13.0. The van der Waals surface area contributed by atoms with E-state index in [1.807, 2.05) is 41.7 Å². The standard InChI is InChI=1S/C22H18N4O3/c1-14-3-2-4-20-24-18(12-26(14)20)21(27)23-17-5-6-19-15(11-17)7-9-25(19)22(28)16-8-10-29-13-16/h2-6,8,10-13H,7,9H2,1H3,(H,23,27). The third-order valence-corrected chi connectivity index (χ3v) is 5.17. The quantitative estimate of drug-likeness (QED) is 0.582. The van der Waals surface area contributed by atoms with Gasteiger partial charge < -0.3 is 19.0 Å². The largest absolute Gasteiger partial charge is 0.472 e. The maximum Gasteiger partial charge on any atom is 0.275 e. The molecule has 7 heteroatoms. The summed E-state index contributed by atoms with van der Waals surface area (Å²) in [5.41, 5.74) is 5.18. The van der Waals surface area contributed by atoms with Gasteiger partial charge in [-0.05, 0) is 55.3 Å². The van der Waals surface area contributed by atoms with Crippen LogP contribution in [0.4, 0.5) is 11.4 Å². The molecule has 144 valence electrons. The van der Waals surface area contributed by atoms with Gasteiger partial charge in [0.1, 0.15) is 17.6 Å². The van der Waals surface area contributed by atoms with Crippen molar-refractivity contribution >= 4 is 28.8 Å². The van der Waals surface area contributed by atoms with E-state index in [4.69, 9.17) is 4.42 Å². The lowest BCUT2D eigenvalue weighted by Gasteiger charge is -2.16. The normalized spacial score (nSPS) is 12.9. The van der Waals surface area contributed by atoms with Crippen LogP contribution in [-0.2, 0) is 6.42 Å². The molecule has 0 fully saturated rings. The zero-order valence-corrected chi connectivity index (χ0v) is 15.8. The number of fused-ring (bicyclic) bond motifs is 2. The zero-order valence-electron chi connectivity index (χ0n) is 15.8. The molecule has 1 aromatic carbocycles. The van der Waals surface area contributed by atoms with Gasteiger partial charge in [-0.15, -0.1) is 0 Å². The minimum absolute atomic E-state index is 0.0886. The van der Waals surface area contributed by atoms with Crippen molar-refractivity contribution in [2.45, 2.75) is 13.3 Å². The van der Waals surface area contributed by atoms with Crippen molar-refractivity contribution < 1.29 is 14.0 Å². The Kier molecular flexibility index (Phi) is 3.94. The second-order valence-corrected chi connectivity index (χ2v) is 7.04. The summed E-state index contributed by atoms with van der Waals surface area (Å²) in [6.45, 7) is 2.57. The number of aryl methyl sites for hydroxylation is 1. The first kappa shape index (κ1) is 17.2. The summed E-state index contributed by atoms with van der Waals surface area (Å²) < 4.78 is 6.90. The Balaban J connectivity index is 1.37. The molecule has 1 aliphatic heterocycles. The van der Waals surface area contributed by atoms with E-state index in [9.17, 15) is 9.59 Å². The fourth-order valence-electron chi connectivity index (χ4n) is 3.69. The van der Waals surface area contributed by atoms with Gasteiger partial charge in [-0.25, -0.2) is 4.98 Å². The van der Waals surface area contributed by atoms with E-state index in [1.54, 1.807) is 23.2 Å². The van der Waals surface area contributed by atoms with Gasteiger partial charge in [0, 0.05) is 29.8 Å². The van der Waals surface area contributed by atoms with Crippen LogP contribution in [0.3, 0.4) is 0 Å². The Labute approximate surface area is 166 Å². The summed E-state index contributed by atoms with van der Waals surface area (Å²) in [5.74, 6) is -0.355. The number of imidazole rings is 1. The highest BCUT2D eigenvalue weighted by Crippen LogP contribution is 2.31. The molecular formula is C22H18N4O3. The van der Waals surface area contributed by atoms with Crippen LogP contribution in [-0.4, -0.2) is 27.7 Å². The van der Waals surface area contributed by atoms with E-state index >= 15 is 0 Å². The number of hydrogen-bond acceptors (Lipinski definition) is 4. The predicted molar refractivity (Wildman–Crippen MR) is 108 cm³/mol. The Bertz CT molecular complexity index is 1240. The van der Waals surface area contributed by atoms with E-state index in [2.05, 4.69) is 10.3 Å². The summed E-state index contributed by atoms with van der Waals surface area (Å²) in [5, 5.41) is 2.91. The predicted octanol–water partition coefficient (Wildman–Crippen LogP) is 3.69. The molecule has 7 nitrogen and oxygen atoms in total. The van der Waals surface area contributed by atoms with E-state index in [0.29, 0.717) is 23.5 Å². The van der Waals surface area contributed by atoms with Gasteiger partial charge in [0.2, 0.25) is 0 Å². The number of carbonyl (C=O) groups is 2. The summed E-state index contributed by atoms with van der Waals surface area (Å²) in [6.07, 6.45) is 5.41. The molecular weight excluding hydrogens is 368 g/mol. The zero-order chi connectivity index (χ0) is 20.0. The van der Waals surface area contributed by atoms with E-state index in [1.165, 1.54) is 12.5 Å². The monoisotopic (exact) mass is 386 g/mol. The van der Waals surface area contributed by atoms with Gasteiger partial charge in [-0.2, -0.15) is 0 Å². The molecule has 1 aliphatic rings. The Morgan fingerprint density at radius 3 is 2.86 bits per heavy atom. The second kappa shape index (κ2) is 6.63. The van der Waals surface area contributed by atoms with Gasteiger partial charge in [-0.1, -0.05) is 6.07 Å². The van der Waals surface area contributed by atoms with Crippen molar-refractivity contribution in [3.8, 4) is 0 Å². The first-order valence-corrected chi connectivity index (χ1v) is 9.33. The molecule has 0 spiro atoms. The second-order valence-electron chi connectivity index (χ2n) is 7.04.